The van der Waals surface area contributed by atoms with E-state index in [4.69, 9.17) is 10.1 Å². The van der Waals surface area contributed by atoms with Gasteiger partial charge in [-0.05, 0) is 60.5 Å². The Labute approximate surface area is 201 Å². The standard InChI is InChI=1S/C22H17N2.C5H8O2.Ir/c1-13-10-14-6-9-24-21-17-5-4-15-12-23-8-7-16(15)20(17)22(2,3)18(11-13)19(14)21;1-4(6)3-5(2)7;/h4,6-12H,1-3H3;3,6H,1-2H3;/q-1;;/b;4-3-;. The summed E-state index contributed by atoms with van der Waals surface area (Å²) in [5.41, 5.74) is 6.02. The van der Waals surface area contributed by atoms with Crippen LogP contribution in [0.15, 0.2) is 60.8 Å². The third-order valence-corrected chi connectivity index (χ3v) is 5.70. The predicted octanol–water partition coefficient (Wildman–Crippen LogP) is 6.23. The number of benzene rings is 2. The van der Waals surface area contributed by atoms with Crippen molar-refractivity contribution in [2.75, 3.05) is 0 Å². The summed E-state index contributed by atoms with van der Waals surface area (Å²) in [6.07, 6.45) is 6.87. The number of allylic oxidation sites excluding steroid dienone is 2. The number of rotatable bonds is 1. The molecule has 0 aliphatic heterocycles. The zero-order valence-electron chi connectivity index (χ0n) is 18.8. The molecule has 0 saturated heterocycles. The van der Waals surface area contributed by atoms with Gasteiger partial charge in [-0.15, -0.1) is 23.3 Å². The molecule has 1 N–H and O–H groups in total. The van der Waals surface area contributed by atoms with E-state index in [1.54, 1.807) is 0 Å². The number of hydrogen-bond donors (Lipinski definition) is 1. The molecule has 0 bridgehead atoms. The molecule has 5 heteroatoms. The molecular formula is C27H25IrN2O2-. The number of pyridine rings is 2. The maximum atomic E-state index is 10.0. The van der Waals surface area contributed by atoms with Gasteiger partial charge in [0.05, 0.1) is 5.76 Å². The van der Waals surface area contributed by atoms with Crippen molar-refractivity contribution in [3.05, 3.63) is 83.5 Å². The molecule has 5 rings (SSSR count). The Kier molecular flexibility index (Phi) is 6.64. The van der Waals surface area contributed by atoms with Crippen LogP contribution >= 0.6 is 0 Å². The van der Waals surface area contributed by atoms with Crippen LogP contribution in [0.2, 0.25) is 0 Å². The number of carbonyl (C=O) groups excluding carboxylic acids is 1. The van der Waals surface area contributed by atoms with E-state index in [1.807, 2.05) is 24.7 Å². The zero-order valence-corrected chi connectivity index (χ0v) is 21.2. The number of hydrogen-bond acceptors (Lipinski definition) is 4. The number of carbonyl (C=O) groups is 1. The molecule has 32 heavy (non-hydrogen) atoms. The molecule has 2 aromatic heterocycles. The van der Waals surface area contributed by atoms with Crippen LogP contribution < -0.4 is 0 Å². The summed E-state index contributed by atoms with van der Waals surface area (Å²) in [4.78, 5) is 19.0. The van der Waals surface area contributed by atoms with Gasteiger partial charge in [0.25, 0.3) is 0 Å². The molecule has 2 heterocycles. The molecular weight excluding hydrogens is 577 g/mol. The van der Waals surface area contributed by atoms with Crippen molar-refractivity contribution in [2.24, 2.45) is 0 Å². The van der Waals surface area contributed by atoms with Gasteiger partial charge >= 0.3 is 0 Å². The Morgan fingerprint density at radius 3 is 2.53 bits per heavy atom. The number of aryl methyl sites for hydroxylation is 1. The quantitative estimate of drug-likeness (QED) is 0.160. The van der Waals surface area contributed by atoms with Gasteiger partial charge < -0.3 is 10.1 Å². The van der Waals surface area contributed by atoms with Crippen molar-refractivity contribution in [3.8, 4) is 11.3 Å². The molecule has 0 fully saturated rings. The first-order valence-corrected chi connectivity index (χ1v) is 10.3. The van der Waals surface area contributed by atoms with Crippen LogP contribution in [0.5, 0.6) is 0 Å². The Balaban J connectivity index is 0.000000318. The van der Waals surface area contributed by atoms with Crippen molar-refractivity contribution in [1.29, 1.82) is 0 Å². The predicted molar refractivity (Wildman–Crippen MR) is 125 cm³/mol. The molecule has 4 aromatic rings. The van der Waals surface area contributed by atoms with Crippen LogP contribution in [-0.4, -0.2) is 20.9 Å². The summed E-state index contributed by atoms with van der Waals surface area (Å²) in [5.74, 6) is -0.0625. The van der Waals surface area contributed by atoms with Gasteiger partial charge in [0.1, 0.15) is 0 Å². The summed E-state index contributed by atoms with van der Waals surface area (Å²) in [7, 11) is 0. The summed E-state index contributed by atoms with van der Waals surface area (Å²) >= 11 is 0. The Morgan fingerprint density at radius 2 is 1.88 bits per heavy atom. The molecule has 4 nitrogen and oxygen atoms in total. The third kappa shape index (κ3) is 4.11. The van der Waals surface area contributed by atoms with Crippen LogP contribution in [0.1, 0.15) is 44.4 Å². The molecule has 165 valence electrons. The van der Waals surface area contributed by atoms with E-state index < -0.39 is 0 Å². The second-order valence-electron chi connectivity index (χ2n) is 8.59. The summed E-state index contributed by atoms with van der Waals surface area (Å²) in [6, 6.07) is 14.3. The maximum absolute atomic E-state index is 10.0. The van der Waals surface area contributed by atoms with E-state index in [2.05, 4.69) is 56.1 Å². The molecule has 1 radical (unpaired) electrons. The van der Waals surface area contributed by atoms with E-state index >= 15 is 0 Å². The maximum Gasteiger partial charge on any atom is 0.155 e. The summed E-state index contributed by atoms with van der Waals surface area (Å²) in [6.45, 7) is 9.63. The normalized spacial score (nSPS) is 13.6. The molecule has 0 amide bonds. The number of aromatic nitrogens is 2. The van der Waals surface area contributed by atoms with Crippen LogP contribution in [0.25, 0.3) is 32.8 Å². The van der Waals surface area contributed by atoms with Crippen molar-refractivity contribution in [1.82, 2.24) is 9.97 Å². The average molecular weight is 602 g/mol. The van der Waals surface area contributed by atoms with Crippen molar-refractivity contribution in [2.45, 2.75) is 40.0 Å². The smallest absolute Gasteiger partial charge is 0.155 e. The first-order valence-electron chi connectivity index (χ1n) is 10.3. The van der Waals surface area contributed by atoms with E-state index in [9.17, 15) is 4.79 Å². The minimum absolute atomic E-state index is 0. The topological polar surface area (TPSA) is 63.1 Å². The average Bonchev–Trinajstić information content (AvgIpc) is 2.70. The van der Waals surface area contributed by atoms with Gasteiger partial charge in [0.15, 0.2) is 5.78 Å². The van der Waals surface area contributed by atoms with Gasteiger partial charge in [0, 0.05) is 38.6 Å². The van der Waals surface area contributed by atoms with Gasteiger partial charge in [-0.3, -0.25) is 9.78 Å². The monoisotopic (exact) mass is 602 g/mol. The zero-order chi connectivity index (χ0) is 22.3. The number of aliphatic hydroxyl groups is 1. The fourth-order valence-electron chi connectivity index (χ4n) is 4.52. The second-order valence-corrected chi connectivity index (χ2v) is 8.59. The fourth-order valence-corrected chi connectivity index (χ4v) is 4.52. The van der Waals surface area contributed by atoms with Crippen LogP contribution in [0.4, 0.5) is 0 Å². The second kappa shape index (κ2) is 8.93. The number of ketones is 1. The summed E-state index contributed by atoms with van der Waals surface area (Å²) in [5, 5.41) is 13.3. The molecule has 0 saturated carbocycles. The minimum Gasteiger partial charge on any atom is -0.512 e. The summed E-state index contributed by atoms with van der Waals surface area (Å²) < 4.78 is 0. The van der Waals surface area contributed by atoms with Crippen molar-refractivity contribution in [3.63, 3.8) is 0 Å². The SMILES string of the molecule is CC(=O)/C=C(/C)O.Cc1cc2c3c(nccc3c1)-c1[c-]cc3cnccc3c1C2(C)C.[Ir]. The third-order valence-electron chi connectivity index (χ3n) is 5.70. The molecule has 1 aliphatic carbocycles. The number of nitrogens with zero attached hydrogens (tertiary/aromatic N) is 2. The first-order chi connectivity index (χ1) is 14.7. The van der Waals surface area contributed by atoms with Crippen LogP contribution in [0.3, 0.4) is 0 Å². The van der Waals surface area contributed by atoms with E-state index in [1.165, 1.54) is 52.8 Å². The number of fused-ring (bicyclic) bond motifs is 4. The minimum atomic E-state index is -0.125. The van der Waals surface area contributed by atoms with E-state index in [0.29, 0.717) is 0 Å². The van der Waals surface area contributed by atoms with Gasteiger partial charge in [-0.2, -0.15) is 0 Å². The van der Waals surface area contributed by atoms with Crippen LogP contribution in [-0.2, 0) is 30.3 Å². The van der Waals surface area contributed by atoms with Crippen molar-refractivity contribution < 1.29 is 30.0 Å². The molecule has 0 spiro atoms. The van der Waals surface area contributed by atoms with Crippen LogP contribution in [0, 0.1) is 13.0 Å². The van der Waals surface area contributed by atoms with Gasteiger partial charge in [-0.25, -0.2) is 0 Å². The molecule has 0 atom stereocenters. The van der Waals surface area contributed by atoms with Gasteiger partial charge in [0.2, 0.25) is 0 Å². The Morgan fingerprint density at radius 1 is 1.12 bits per heavy atom. The molecule has 0 unspecified atom stereocenters. The fraction of sp³-hybridized carbons (Fsp3) is 0.222. The Hall–Kier alpha value is -2.88. The molecule has 1 aliphatic rings. The largest absolute Gasteiger partial charge is 0.512 e. The van der Waals surface area contributed by atoms with E-state index in [0.717, 1.165) is 16.6 Å². The first kappa shape index (κ1) is 23.8. The Bertz CT molecular complexity index is 1370. The number of aliphatic hydroxyl groups excluding tert-OH is 1. The molecule has 2 aromatic carbocycles. The van der Waals surface area contributed by atoms with E-state index in [-0.39, 0.29) is 37.1 Å². The van der Waals surface area contributed by atoms with Gasteiger partial charge in [-0.1, -0.05) is 48.4 Å². The van der Waals surface area contributed by atoms with Crippen molar-refractivity contribution >= 4 is 27.3 Å².